The van der Waals surface area contributed by atoms with Crippen molar-refractivity contribution in [2.75, 3.05) is 27.3 Å². The van der Waals surface area contributed by atoms with Crippen LogP contribution in [-0.2, 0) is 4.79 Å². The number of carbonyl (C=O) groups is 3. The number of piperidine rings is 1. The van der Waals surface area contributed by atoms with Gasteiger partial charge in [0.15, 0.2) is 0 Å². The summed E-state index contributed by atoms with van der Waals surface area (Å²) in [6, 6.07) is 13.2. The van der Waals surface area contributed by atoms with Crippen LogP contribution in [0.25, 0.3) is 0 Å². The monoisotopic (exact) mass is 481 g/mol. The summed E-state index contributed by atoms with van der Waals surface area (Å²) in [5, 5.41) is 5.95. The molecule has 2 aromatic carbocycles. The van der Waals surface area contributed by atoms with Gasteiger partial charge in [-0.25, -0.2) is 0 Å². The van der Waals surface area contributed by atoms with Crippen molar-refractivity contribution in [3.8, 4) is 11.5 Å². The Morgan fingerprint density at radius 3 is 2.23 bits per heavy atom. The first-order chi connectivity index (χ1) is 16.9. The number of benzene rings is 2. The molecule has 3 amide bonds. The normalized spacial score (nSPS) is 15.6. The maximum absolute atomic E-state index is 13.2. The maximum atomic E-state index is 13.2. The highest BCUT2D eigenvalue weighted by atomic mass is 16.5. The van der Waals surface area contributed by atoms with Crippen molar-refractivity contribution in [2.24, 2.45) is 5.92 Å². The quantitative estimate of drug-likeness (QED) is 0.573. The summed E-state index contributed by atoms with van der Waals surface area (Å²) in [6.07, 6.45) is 1.99. The van der Waals surface area contributed by atoms with Gasteiger partial charge in [-0.3, -0.25) is 14.4 Å². The topological polar surface area (TPSA) is 97.0 Å². The van der Waals surface area contributed by atoms with Gasteiger partial charge in [-0.1, -0.05) is 19.1 Å². The van der Waals surface area contributed by atoms with Gasteiger partial charge in [-0.15, -0.1) is 0 Å². The molecule has 0 aromatic heterocycles. The Morgan fingerprint density at radius 1 is 0.971 bits per heavy atom. The van der Waals surface area contributed by atoms with Crippen LogP contribution in [0, 0.1) is 5.92 Å². The van der Waals surface area contributed by atoms with E-state index in [4.69, 9.17) is 9.47 Å². The third kappa shape index (κ3) is 6.53. The highest BCUT2D eigenvalue weighted by Crippen LogP contribution is 2.26. The fraction of sp³-hybridized carbons (Fsp3) is 0.444. The molecule has 0 radical (unpaired) electrons. The molecule has 1 heterocycles. The molecule has 0 bridgehead atoms. The molecule has 1 saturated heterocycles. The molecule has 8 nitrogen and oxygen atoms in total. The van der Waals surface area contributed by atoms with Crippen molar-refractivity contribution in [3.05, 3.63) is 59.7 Å². The lowest BCUT2D eigenvalue weighted by molar-refractivity contribution is -0.125. The minimum absolute atomic E-state index is 0.00454. The van der Waals surface area contributed by atoms with Crippen molar-refractivity contribution in [1.82, 2.24) is 15.5 Å². The van der Waals surface area contributed by atoms with Crippen molar-refractivity contribution in [3.63, 3.8) is 0 Å². The van der Waals surface area contributed by atoms with Gasteiger partial charge >= 0.3 is 0 Å². The van der Waals surface area contributed by atoms with Gasteiger partial charge in [0.1, 0.15) is 17.5 Å². The first-order valence-electron chi connectivity index (χ1n) is 12.1. The molecule has 2 atom stereocenters. The van der Waals surface area contributed by atoms with Crippen LogP contribution in [0.15, 0.2) is 48.5 Å². The van der Waals surface area contributed by atoms with Crippen LogP contribution in [0.4, 0.5) is 0 Å². The smallest absolute Gasteiger partial charge is 0.257 e. The van der Waals surface area contributed by atoms with E-state index in [1.54, 1.807) is 55.5 Å². The summed E-state index contributed by atoms with van der Waals surface area (Å²) in [5.41, 5.74) is 0.975. The summed E-state index contributed by atoms with van der Waals surface area (Å²) in [5.74, 6) is 0.490. The van der Waals surface area contributed by atoms with Gasteiger partial charge in [0.25, 0.3) is 11.8 Å². The minimum Gasteiger partial charge on any atom is -0.497 e. The average Bonchev–Trinajstić information content (AvgIpc) is 2.91. The van der Waals surface area contributed by atoms with E-state index in [0.29, 0.717) is 48.6 Å². The Morgan fingerprint density at radius 2 is 1.63 bits per heavy atom. The standard InChI is InChI=1S/C27H35N3O5/c1-5-18(2)28-26(32)24(29-25(31)20-10-12-21(34-3)13-11-20)19-14-16-30(17-15-19)27(33)22-8-6-7-9-23(22)35-4/h6-13,18-19,24H,5,14-17H2,1-4H3,(H,28,32)(H,29,31)/t18-,24-/m0/s1. The maximum Gasteiger partial charge on any atom is 0.257 e. The number of hydrogen-bond donors (Lipinski definition) is 2. The van der Waals surface area contributed by atoms with Crippen LogP contribution < -0.4 is 20.1 Å². The van der Waals surface area contributed by atoms with Crippen LogP contribution >= 0.6 is 0 Å². The first kappa shape index (κ1) is 26.1. The van der Waals surface area contributed by atoms with E-state index in [1.807, 2.05) is 26.0 Å². The number of likely N-dealkylation sites (tertiary alicyclic amines) is 1. The van der Waals surface area contributed by atoms with Gasteiger partial charge in [0.2, 0.25) is 5.91 Å². The van der Waals surface area contributed by atoms with E-state index in [0.717, 1.165) is 6.42 Å². The summed E-state index contributed by atoms with van der Waals surface area (Å²) in [6.45, 7) is 4.92. The summed E-state index contributed by atoms with van der Waals surface area (Å²) in [7, 11) is 3.11. The fourth-order valence-corrected chi connectivity index (χ4v) is 4.23. The second-order valence-corrected chi connectivity index (χ2v) is 8.83. The Balaban J connectivity index is 1.71. The van der Waals surface area contributed by atoms with Gasteiger partial charge in [0, 0.05) is 24.7 Å². The van der Waals surface area contributed by atoms with E-state index >= 15 is 0 Å². The molecule has 0 saturated carbocycles. The lowest BCUT2D eigenvalue weighted by Gasteiger charge is -2.36. The largest absolute Gasteiger partial charge is 0.497 e. The lowest BCUT2D eigenvalue weighted by atomic mass is 9.88. The zero-order valence-electron chi connectivity index (χ0n) is 20.9. The number of hydrogen-bond acceptors (Lipinski definition) is 5. The Kier molecular flexibility index (Phi) is 9.11. The third-order valence-corrected chi connectivity index (χ3v) is 6.56. The SMILES string of the molecule is CC[C@H](C)NC(=O)[C@@H](NC(=O)c1ccc(OC)cc1)C1CCN(C(=O)c2ccccc2OC)CC1. The van der Waals surface area contributed by atoms with Crippen LogP contribution in [0.3, 0.4) is 0 Å². The molecule has 3 rings (SSSR count). The number of amides is 3. The van der Waals surface area contributed by atoms with E-state index in [-0.39, 0.29) is 29.7 Å². The van der Waals surface area contributed by atoms with Crippen LogP contribution in [0.1, 0.15) is 53.8 Å². The predicted octanol–water partition coefficient (Wildman–Crippen LogP) is 3.27. The van der Waals surface area contributed by atoms with E-state index in [1.165, 1.54) is 0 Å². The molecular formula is C27H35N3O5. The Hall–Kier alpha value is -3.55. The molecule has 8 heteroatoms. The molecule has 188 valence electrons. The van der Waals surface area contributed by atoms with E-state index in [9.17, 15) is 14.4 Å². The van der Waals surface area contributed by atoms with Gasteiger partial charge in [0.05, 0.1) is 19.8 Å². The highest BCUT2D eigenvalue weighted by molar-refractivity contribution is 5.98. The number of rotatable bonds is 9. The van der Waals surface area contributed by atoms with E-state index in [2.05, 4.69) is 10.6 Å². The third-order valence-electron chi connectivity index (χ3n) is 6.56. The summed E-state index contributed by atoms with van der Waals surface area (Å²) >= 11 is 0. The minimum atomic E-state index is -0.692. The summed E-state index contributed by atoms with van der Waals surface area (Å²) < 4.78 is 10.5. The van der Waals surface area contributed by atoms with Gasteiger partial charge in [-0.05, 0) is 68.5 Å². The Labute approximate surface area is 207 Å². The second-order valence-electron chi connectivity index (χ2n) is 8.83. The first-order valence-corrected chi connectivity index (χ1v) is 12.1. The zero-order valence-corrected chi connectivity index (χ0v) is 20.9. The number of para-hydroxylation sites is 1. The number of nitrogens with one attached hydrogen (secondary N) is 2. The van der Waals surface area contributed by atoms with Gasteiger partial charge < -0.3 is 25.0 Å². The van der Waals surface area contributed by atoms with Crippen LogP contribution in [-0.4, -0.2) is 62.0 Å². The van der Waals surface area contributed by atoms with Crippen molar-refractivity contribution < 1.29 is 23.9 Å². The number of nitrogens with zero attached hydrogens (tertiary/aromatic N) is 1. The molecule has 0 spiro atoms. The van der Waals surface area contributed by atoms with Crippen LogP contribution in [0.2, 0.25) is 0 Å². The number of ether oxygens (including phenoxy) is 2. The molecule has 2 N–H and O–H groups in total. The average molecular weight is 482 g/mol. The van der Waals surface area contributed by atoms with Gasteiger partial charge in [-0.2, -0.15) is 0 Å². The van der Waals surface area contributed by atoms with Crippen molar-refractivity contribution in [2.45, 2.75) is 45.2 Å². The molecule has 1 aliphatic rings. The lowest BCUT2D eigenvalue weighted by Crippen LogP contribution is -2.55. The predicted molar refractivity (Wildman–Crippen MR) is 134 cm³/mol. The zero-order chi connectivity index (χ0) is 25.4. The number of carbonyl (C=O) groups excluding carboxylic acids is 3. The molecule has 35 heavy (non-hydrogen) atoms. The second kappa shape index (κ2) is 12.2. The molecular weight excluding hydrogens is 446 g/mol. The van der Waals surface area contributed by atoms with Crippen molar-refractivity contribution in [1.29, 1.82) is 0 Å². The summed E-state index contributed by atoms with van der Waals surface area (Å²) in [4.78, 5) is 41.0. The number of methoxy groups -OCH3 is 2. The van der Waals surface area contributed by atoms with Crippen molar-refractivity contribution >= 4 is 17.7 Å². The van der Waals surface area contributed by atoms with E-state index < -0.39 is 6.04 Å². The highest BCUT2D eigenvalue weighted by Gasteiger charge is 2.35. The molecule has 0 aliphatic carbocycles. The molecule has 0 unspecified atom stereocenters. The van der Waals surface area contributed by atoms with Crippen LogP contribution in [0.5, 0.6) is 11.5 Å². The molecule has 1 fully saturated rings. The Bertz CT molecular complexity index is 1020. The fourth-order valence-electron chi connectivity index (χ4n) is 4.23. The molecule has 2 aromatic rings. The molecule has 1 aliphatic heterocycles.